The number of benzene rings is 4. The molecule has 0 spiro atoms. The van der Waals surface area contributed by atoms with Gasteiger partial charge in [0.2, 0.25) is 0 Å². The molecule has 6 aromatic rings. The lowest BCUT2D eigenvalue weighted by Gasteiger charge is -2.25. The number of carbonyl (C=O) groups excluding carboxylic acids is 2. The molecule has 1 saturated carbocycles. The van der Waals surface area contributed by atoms with E-state index in [1.807, 2.05) is 131 Å². The Kier molecular flexibility index (Phi) is 16.6. The zero-order valence-electron chi connectivity index (χ0n) is 30.7. The Hall–Kier alpha value is -2.30. The van der Waals surface area contributed by atoms with Crippen LogP contribution in [0.15, 0.2) is 116 Å². The van der Waals surface area contributed by atoms with Gasteiger partial charge in [0.05, 0.1) is 32.3 Å². The molecule has 6 nitrogen and oxygen atoms in total. The van der Waals surface area contributed by atoms with Crippen molar-refractivity contribution < 1.29 is 19.1 Å². The highest BCUT2D eigenvalue weighted by molar-refractivity contribution is 8.05. The number of para-hydroxylation sites is 2. The van der Waals surface area contributed by atoms with Gasteiger partial charge in [0.15, 0.2) is 8.68 Å². The second-order valence-corrected chi connectivity index (χ2v) is 22.4. The van der Waals surface area contributed by atoms with Gasteiger partial charge in [-0.25, -0.2) is 9.97 Å². The van der Waals surface area contributed by atoms with Crippen LogP contribution in [0.5, 0.6) is 11.5 Å². The molecule has 0 unspecified atom stereocenters. The molecule has 0 bridgehead atoms. The van der Waals surface area contributed by atoms with Crippen LogP contribution in [0.25, 0.3) is 20.4 Å². The summed E-state index contributed by atoms with van der Waals surface area (Å²) in [4.78, 5) is 37.6. The second-order valence-electron chi connectivity index (χ2n) is 12.8. The molecule has 2 heterocycles. The number of fused-ring (bicyclic) bond motifs is 2. The third-order valence-electron chi connectivity index (χ3n) is 8.93. The summed E-state index contributed by atoms with van der Waals surface area (Å²) in [5.74, 6) is 8.82. The van der Waals surface area contributed by atoms with E-state index in [4.69, 9.17) is 19.4 Å². The van der Waals surface area contributed by atoms with Crippen LogP contribution < -0.4 is 9.47 Å². The van der Waals surface area contributed by atoms with E-state index < -0.39 is 0 Å². The fourth-order valence-corrected chi connectivity index (χ4v) is 14.3. The van der Waals surface area contributed by atoms with Crippen LogP contribution in [-0.2, 0) is 9.59 Å². The third-order valence-corrected chi connectivity index (χ3v) is 18.3. The van der Waals surface area contributed by atoms with Crippen molar-refractivity contribution in [1.82, 2.24) is 9.97 Å². The molecule has 7 rings (SSSR count). The second kappa shape index (κ2) is 22.2. The molecule has 0 aliphatic heterocycles. The van der Waals surface area contributed by atoms with Gasteiger partial charge in [-0.3, -0.25) is 9.59 Å². The molecular weight excluding hydrogens is 853 g/mol. The molecule has 0 N–H and O–H groups in total. The number of thiazole rings is 2. The molecule has 2 aromatic heterocycles. The monoisotopic (exact) mass is 894 g/mol. The molecule has 14 heteroatoms. The molecule has 1 fully saturated rings. The van der Waals surface area contributed by atoms with E-state index in [0.29, 0.717) is 37.2 Å². The number of ether oxygens (including phenoxy) is 2. The van der Waals surface area contributed by atoms with Gasteiger partial charge in [-0.05, 0) is 98.5 Å². The summed E-state index contributed by atoms with van der Waals surface area (Å²) in [5, 5.41) is 0. The average molecular weight is 895 g/mol. The highest BCUT2D eigenvalue weighted by atomic mass is 32.2. The number of aromatic nitrogens is 2. The van der Waals surface area contributed by atoms with E-state index in [9.17, 15) is 9.59 Å². The maximum absolute atomic E-state index is 13.0. The lowest BCUT2D eigenvalue weighted by molar-refractivity contribution is -0.145. The van der Waals surface area contributed by atoms with Crippen LogP contribution in [0, 0.1) is 11.8 Å². The first-order valence-corrected chi connectivity index (χ1v) is 26.5. The summed E-state index contributed by atoms with van der Waals surface area (Å²) in [6, 6.07) is 32.2. The lowest BCUT2D eigenvalue weighted by Crippen LogP contribution is -2.30. The number of thioether (sulfide) groups is 6. The maximum Gasteiger partial charge on any atom is 0.314 e. The number of nitrogens with zero attached hydrogens (tertiary/aromatic N) is 2. The molecule has 0 saturated heterocycles. The zero-order valence-corrected chi connectivity index (χ0v) is 37.2. The standard InChI is InChI=1S/C42H42N2O4S8/c45-39(47-31-13-17-33(18-14-31)51-25-21-49-23-27-53-41-43-35-5-1-3-7-37(35)55-41)29-9-11-30(12-10-29)40(46)48-32-15-19-34(20-16-32)52-26-22-50-24-28-54-42-44-36-6-2-4-8-38(36)56-42/h1-8,13-20,29-30H,9-12,21-28H2/t29-,30-. The molecule has 4 aromatic carbocycles. The Morgan fingerprint density at radius 2 is 0.875 bits per heavy atom. The minimum absolute atomic E-state index is 0.204. The minimum Gasteiger partial charge on any atom is -0.426 e. The Morgan fingerprint density at radius 3 is 1.27 bits per heavy atom. The van der Waals surface area contributed by atoms with Crippen LogP contribution in [-0.4, -0.2) is 67.9 Å². The van der Waals surface area contributed by atoms with E-state index in [1.165, 1.54) is 19.2 Å². The summed E-state index contributed by atoms with van der Waals surface area (Å²) >= 11 is 14.8. The number of hydrogen-bond donors (Lipinski definition) is 0. The lowest BCUT2D eigenvalue weighted by atomic mass is 9.82. The highest BCUT2D eigenvalue weighted by Crippen LogP contribution is 2.34. The number of hydrogen-bond acceptors (Lipinski definition) is 14. The predicted octanol–water partition coefficient (Wildman–Crippen LogP) is 12.5. The quantitative estimate of drug-likeness (QED) is 0.0317. The van der Waals surface area contributed by atoms with Gasteiger partial charge in [-0.1, -0.05) is 47.8 Å². The van der Waals surface area contributed by atoms with Crippen molar-refractivity contribution in [2.75, 3.05) is 46.0 Å². The Balaban J connectivity index is 0.714. The van der Waals surface area contributed by atoms with Gasteiger partial charge in [0, 0.05) is 55.8 Å². The van der Waals surface area contributed by atoms with E-state index in [-0.39, 0.29) is 23.8 Å². The van der Waals surface area contributed by atoms with Crippen LogP contribution in [0.4, 0.5) is 0 Å². The number of rotatable bonds is 20. The molecule has 1 aliphatic carbocycles. The van der Waals surface area contributed by atoms with Crippen LogP contribution in [0.3, 0.4) is 0 Å². The number of esters is 2. The summed E-state index contributed by atoms with van der Waals surface area (Å²) < 4.78 is 16.3. The van der Waals surface area contributed by atoms with Crippen molar-refractivity contribution in [3.63, 3.8) is 0 Å². The first kappa shape index (κ1) is 41.8. The van der Waals surface area contributed by atoms with Crippen LogP contribution >= 0.6 is 93.2 Å². The summed E-state index contributed by atoms with van der Waals surface area (Å²) in [7, 11) is 0. The van der Waals surface area contributed by atoms with Gasteiger partial charge in [0.1, 0.15) is 11.5 Å². The van der Waals surface area contributed by atoms with Gasteiger partial charge in [0.25, 0.3) is 0 Å². The Labute approximate surface area is 362 Å². The smallest absolute Gasteiger partial charge is 0.314 e. The SMILES string of the molecule is O=C(Oc1ccc(SCCSCCSc2nc3ccccc3s2)cc1)[C@H]1CC[C@H](C(=O)Oc2ccc(SCCSCCSc3nc4ccccc4s3)cc2)CC1. The Bertz CT molecular complexity index is 1930. The van der Waals surface area contributed by atoms with Crippen molar-refractivity contribution in [2.24, 2.45) is 11.8 Å². The molecule has 1 aliphatic rings. The summed E-state index contributed by atoms with van der Waals surface area (Å²) in [6.45, 7) is 0. The van der Waals surface area contributed by atoms with Crippen molar-refractivity contribution in [3.8, 4) is 11.5 Å². The first-order valence-electron chi connectivity index (χ1n) is 18.6. The normalized spacial score (nSPS) is 15.6. The van der Waals surface area contributed by atoms with Crippen LogP contribution in [0.1, 0.15) is 25.7 Å². The molecule has 0 amide bonds. The number of carbonyl (C=O) groups is 2. The van der Waals surface area contributed by atoms with Crippen molar-refractivity contribution in [2.45, 2.75) is 44.2 Å². The summed E-state index contributed by atoms with van der Waals surface area (Å²) in [5.41, 5.74) is 2.17. The maximum atomic E-state index is 13.0. The fraction of sp³-hybridized carbons (Fsp3) is 0.333. The molecule has 0 radical (unpaired) electrons. The van der Waals surface area contributed by atoms with Crippen molar-refractivity contribution in [3.05, 3.63) is 97.1 Å². The van der Waals surface area contributed by atoms with Gasteiger partial charge in [-0.15, -0.1) is 46.2 Å². The fourth-order valence-electron chi connectivity index (χ4n) is 6.01. The average Bonchev–Trinajstić information content (AvgIpc) is 3.85. The van der Waals surface area contributed by atoms with E-state index in [0.717, 1.165) is 65.7 Å². The third kappa shape index (κ3) is 12.8. The van der Waals surface area contributed by atoms with E-state index >= 15 is 0 Å². The van der Waals surface area contributed by atoms with Crippen molar-refractivity contribution >= 4 is 126 Å². The first-order chi connectivity index (χ1) is 27.6. The summed E-state index contributed by atoms with van der Waals surface area (Å²) in [6.07, 6.45) is 2.49. The van der Waals surface area contributed by atoms with Crippen molar-refractivity contribution in [1.29, 1.82) is 0 Å². The van der Waals surface area contributed by atoms with Crippen LogP contribution in [0.2, 0.25) is 0 Å². The van der Waals surface area contributed by atoms with Gasteiger partial charge >= 0.3 is 11.9 Å². The zero-order chi connectivity index (χ0) is 38.4. The molecule has 292 valence electrons. The molecular formula is C42H42N2O4S8. The van der Waals surface area contributed by atoms with E-state index in [1.54, 1.807) is 22.7 Å². The van der Waals surface area contributed by atoms with Gasteiger partial charge < -0.3 is 9.47 Å². The minimum atomic E-state index is -0.216. The predicted molar refractivity (Wildman–Crippen MR) is 246 cm³/mol. The largest absolute Gasteiger partial charge is 0.426 e. The molecule has 0 atom stereocenters. The molecule has 56 heavy (non-hydrogen) atoms. The Morgan fingerprint density at radius 1 is 0.500 bits per heavy atom. The van der Waals surface area contributed by atoms with E-state index in [2.05, 4.69) is 36.4 Å². The van der Waals surface area contributed by atoms with Gasteiger partial charge in [-0.2, -0.15) is 23.5 Å². The topological polar surface area (TPSA) is 78.4 Å². The highest BCUT2D eigenvalue weighted by Gasteiger charge is 2.32.